The lowest BCUT2D eigenvalue weighted by Gasteiger charge is -2.04. The Hall–Kier alpha value is -2.09. The number of nitrogens with one attached hydrogen (secondary N) is 1. The highest BCUT2D eigenvalue weighted by atomic mass is 32.2. The first-order valence-electron chi connectivity index (χ1n) is 8.65. The highest BCUT2D eigenvalue weighted by Gasteiger charge is 2.09. The van der Waals surface area contributed by atoms with Gasteiger partial charge in [0, 0.05) is 15.8 Å². The van der Waals surface area contributed by atoms with Crippen molar-refractivity contribution in [1.29, 1.82) is 0 Å². The molecule has 0 saturated carbocycles. The van der Waals surface area contributed by atoms with Crippen LogP contribution in [-0.4, -0.2) is 22.8 Å². The van der Waals surface area contributed by atoms with Crippen molar-refractivity contribution in [3.63, 3.8) is 0 Å². The molecule has 2 aromatic carbocycles. The number of thiazole rings is 2. The molecule has 2 aromatic heterocycles. The summed E-state index contributed by atoms with van der Waals surface area (Å²) in [7, 11) is 0. The first-order valence-corrected chi connectivity index (χ1v) is 11.6. The fourth-order valence-corrected chi connectivity index (χ4v) is 4.78. The summed E-state index contributed by atoms with van der Waals surface area (Å²) in [6.45, 7) is 2.84. The quantitative estimate of drug-likeness (QED) is 0.343. The van der Waals surface area contributed by atoms with Crippen molar-refractivity contribution in [2.75, 3.05) is 18.2 Å². The molecule has 0 radical (unpaired) electrons. The van der Waals surface area contributed by atoms with E-state index in [-0.39, 0.29) is 0 Å². The number of thioether (sulfide) groups is 1. The molecule has 4 nitrogen and oxygen atoms in total. The maximum absolute atomic E-state index is 5.64. The lowest BCUT2D eigenvalue weighted by molar-refractivity contribution is 0.317. The standard InChI is InChI=1S/C20H19N3OS3/c1-3-10-24-14-6-4-13(5-7-14)17-12-26-19(22-17)23-20-21-16-9-8-15(25-2)11-18(16)27-20/h4-9,11-12H,3,10H2,1-2H3,(H,21,22,23). The number of hydrogen-bond acceptors (Lipinski definition) is 7. The Bertz CT molecular complexity index is 1040. The highest BCUT2D eigenvalue weighted by molar-refractivity contribution is 7.98. The van der Waals surface area contributed by atoms with Crippen molar-refractivity contribution in [2.24, 2.45) is 0 Å². The van der Waals surface area contributed by atoms with Gasteiger partial charge in [0.2, 0.25) is 0 Å². The van der Waals surface area contributed by atoms with Gasteiger partial charge >= 0.3 is 0 Å². The molecule has 7 heteroatoms. The summed E-state index contributed by atoms with van der Waals surface area (Å²) in [5, 5.41) is 7.12. The Morgan fingerprint density at radius 1 is 1.07 bits per heavy atom. The Kier molecular flexibility index (Phi) is 5.61. The van der Waals surface area contributed by atoms with Gasteiger partial charge in [-0.15, -0.1) is 23.1 Å². The van der Waals surface area contributed by atoms with Crippen LogP contribution >= 0.6 is 34.4 Å². The van der Waals surface area contributed by atoms with E-state index in [1.165, 1.54) is 9.60 Å². The summed E-state index contributed by atoms with van der Waals surface area (Å²) in [6, 6.07) is 14.4. The van der Waals surface area contributed by atoms with Crippen LogP contribution in [0.5, 0.6) is 5.75 Å². The van der Waals surface area contributed by atoms with Crippen LogP contribution < -0.4 is 10.1 Å². The maximum atomic E-state index is 5.64. The Morgan fingerprint density at radius 2 is 1.93 bits per heavy atom. The number of fused-ring (bicyclic) bond motifs is 1. The molecule has 0 fully saturated rings. The van der Waals surface area contributed by atoms with Gasteiger partial charge in [-0.3, -0.25) is 0 Å². The summed E-state index contributed by atoms with van der Waals surface area (Å²) in [4.78, 5) is 10.6. The number of nitrogens with zero attached hydrogens (tertiary/aromatic N) is 2. The number of benzene rings is 2. The summed E-state index contributed by atoms with van der Waals surface area (Å²) in [5.74, 6) is 0.897. The second-order valence-corrected chi connectivity index (χ2v) is 8.66. The predicted molar refractivity (Wildman–Crippen MR) is 118 cm³/mol. The first kappa shape index (κ1) is 18.3. The minimum Gasteiger partial charge on any atom is -0.494 e. The number of hydrogen-bond donors (Lipinski definition) is 1. The predicted octanol–water partition coefficient (Wildman–Crippen LogP) is 6.67. The maximum Gasteiger partial charge on any atom is 0.190 e. The molecule has 0 aliphatic heterocycles. The fourth-order valence-electron chi connectivity index (χ4n) is 2.58. The molecule has 0 amide bonds. The number of ether oxygens (including phenoxy) is 1. The molecule has 0 spiro atoms. The molecule has 4 rings (SSSR count). The van der Waals surface area contributed by atoms with Gasteiger partial charge in [0.1, 0.15) is 5.75 Å². The van der Waals surface area contributed by atoms with E-state index in [2.05, 4.69) is 47.1 Å². The van der Waals surface area contributed by atoms with Gasteiger partial charge in [-0.25, -0.2) is 9.97 Å². The number of anilines is 2. The first-order chi connectivity index (χ1) is 13.2. The number of aromatic nitrogens is 2. The van der Waals surface area contributed by atoms with Gasteiger partial charge in [0.25, 0.3) is 0 Å². The van der Waals surface area contributed by atoms with Gasteiger partial charge in [0.15, 0.2) is 10.3 Å². The molecular weight excluding hydrogens is 394 g/mol. The Morgan fingerprint density at radius 3 is 2.70 bits per heavy atom. The van der Waals surface area contributed by atoms with Crippen LogP contribution in [-0.2, 0) is 0 Å². The molecule has 0 aliphatic carbocycles. The second-order valence-electron chi connectivity index (χ2n) is 5.89. The SMILES string of the molecule is CCCOc1ccc(-c2csc(Nc3nc4ccc(SC)cc4s3)n2)cc1. The van der Waals surface area contributed by atoms with Gasteiger partial charge in [0.05, 0.1) is 22.5 Å². The van der Waals surface area contributed by atoms with Crippen LogP contribution in [0.15, 0.2) is 52.7 Å². The van der Waals surface area contributed by atoms with Crippen molar-refractivity contribution in [2.45, 2.75) is 18.2 Å². The summed E-state index contributed by atoms with van der Waals surface area (Å²) < 4.78 is 6.82. The average molecular weight is 414 g/mol. The summed E-state index contributed by atoms with van der Waals surface area (Å²) >= 11 is 4.98. The zero-order valence-electron chi connectivity index (χ0n) is 15.1. The molecule has 0 unspecified atom stereocenters. The molecule has 0 aliphatic rings. The van der Waals surface area contributed by atoms with E-state index in [1.54, 1.807) is 34.4 Å². The van der Waals surface area contributed by atoms with Crippen molar-refractivity contribution in [3.05, 3.63) is 47.8 Å². The molecular formula is C20H19N3OS3. The third kappa shape index (κ3) is 4.26. The van der Waals surface area contributed by atoms with E-state index in [9.17, 15) is 0 Å². The largest absolute Gasteiger partial charge is 0.494 e. The van der Waals surface area contributed by atoms with Gasteiger partial charge < -0.3 is 10.1 Å². The van der Waals surface area contributed by atoms with Crippen LogP contribution in [0.3, 0.4) is 0 Å². The Balaban J connectivity index is 1.49. The van der Waals surface area contributed by atoms with E-state index < -0.39 is 0 Å². The molecule has 2 heterocycles. The molecule has 1 N–H and O–H groups in total. The van der Waals surface area contributed by atoms with E-state index >= 15 is 0 Å². The Labute approximate surface area is 170 Å². The highest BCUT2D eigenvalue weighted by Crippen LogP contribution is 2.33. The second kappa shape index (κ2) is 8.29. The zero-order chi connectivity index (χ0) is 18.6. The third-order valence-electron chi connectivity index (χ3n) is 3.94. The zero-order valence-corrected chi connectivity index (χ0v) is 17.5. The molecule has 4 aromatic rings. The minimum absolute atomic E-state index is 0.741. The minimum atomic E-state index is 0.741. The van der Waals surface area contributed by atoms with Crippen LogP contribution in [0.4, 0.5) is 10.3 Å². The van der Waals surface area contributed by atoms with Crippen LogP contribution in [0.1, 0.15) is 13.3 Å². The van der Waals surface area contributed by atoms with Crippen molar-refractivity contribution >= 4 is 54.9 Å². The van der Waals surface area contributed by atoms with Gasteiger partial charge in [-0.05, 0) is 55.1 Å². The molecule has 27 heavy (non-hydrogen) atoms. The molecule has 0 saturated heterocycles. The van der Waals surface area contributed by atoms with E-state index in [1.807, 2.05) is 24.3 Å². The summed E-state index contributed by atoms with van der Waals surface area (Å²) in [5.41, 5.74) is 3.05. The van der Waals surface area contributed by atoms with Crippen molar-refractivity contribution in [1.82, 2.24) is 9.97 Å². The number of rotatable bonds is 7. The van der Waals surface area contributed by atoms with Crippen LogP contribution in [0.2, 0.25) is 0 Å². The van der Waals surface area contributed by atoms with Gasteiger partial charge in [-0.1, -0.05) is 18.3 Å². The lowest BCUT2D eigenvalue weighted by Crippen LogP contribution is -1.94. The molecule has 0 atom stereocenters. The molecule has 0 bridgehead atoms. The normalized spacial score (nSPS) is 11.0. The third-order valence-corrected chi connectivity index (χ3v) is 6.35. The van der Waals surface area contributed by atoms with Crippen LogP contribution in [0.25, 0.3) is 21.5 Å². The monoisotopic (exact) mass is 413 g/mol. The van der Waals surface area contributed by atoms with Crippen molar-refractivity contribution < 1.29 is 4.74 Å². The van der Waals surface area contributed by atoms with Crippen molar-refractivity contribution in [3.8, 4) is 17.0 Å². The summed E-state index contributed by atoms with van der Waals surface area (Å²) in [6.07, 6.45) is 3.09. The van der Waals surface area contributed by atoms with E-state index in [4.69, 9.17) is 9.72 Å². The fraction of sp³-hybridized carbons (Fsp3) is 0.200. The smallest absolute Gasteiger partial charge is 0.190 e. The van der Waals surface area contributed by atoms with E-state index in [0.717, 1.165) is 45.8 Å². The van der Waals surface area contributed by atoms with Gasteiger partial charge in [-0.2, -0.15) is 0 Å². The lowest BCUT2D eigenvalue weighted by atomic mass is 10.2. The van der Waals surface area contributed by atoms with Crippen LogP contribution in [0, 0.1) is 0 Å². The van der Waals surface area contributed by atoms with E-state index in [0.29, 0.717) is 0 Å². The topological polar surface area (TPSA) is 47.0 Å². The average Bonchev–Trinajstić information content (AvgIpc) is 3.32. The molecule has 138 valence electrons.